The van der Waals surface area contributed by atoms with Gasteiger partial charge in [0.1, 0.15) is 0 Å². The monoisotopic (exact) mass is 248 g/mol. The van der Waals surface area contributed by atoms with Gasteiger partial charge in [0.25, 0.3) is 0 Å². The van der Waals surface area contributed by atoms with E-state index in [1.807, 2.05) is 20.8 Å². The highest BCUT2D eigenvalue weighted by atomic mass is 16.1. The first-order chi connectivity index (χ1) is 8.40. The minimum absolute atomic E-state index is 0.0538. The summed E-state index contributed by atoms with van der Waals surface area (Å²) in [5.74, 6) is -0.0676. The largest absolute Gasteiger partial charge is 0.326 e. The molecular formula is C14H20N2O2. The van der Waals surface area contributed by atoms with Crippen LogP contribution in [0.4, 0.5) is 5.69 Å². The van der Waals surface area contributed by atoms with Crippen molar-refractivity contribution in [2.75, 3.05) is 5.32 Å². The quantitative estimate of drug-likeness (QED) is 0.785. The van der Waals surface area contributed by atoms with Gasteiger partial charge in [0.15, 0.2) is 5.78 Å². The molecule has 1 rings (SSSR count). The molecule has 0 saturated carbocycles. The second-order valence-electron chi connectivity index (χ2n) is 4.67. The van der Waals surface area contributed by atoms with Crippen molar-refractivity contribution in [1.29, 1.82) is 0 Å². The number of carbonyl (C=O) groups excluding carboxylic acids is 2. The Hall–Kier alpha value is -1.68. The molecule has 1 unspecified atom stereocenters. The lowest BCUT2D eigenvalue weighted by Crippen LogP contribution is -2.38. The van der Waals surface area contributed by atoms with Gasteiger partial charge in [0.05, 0.1) is 6.04 Å². The summed E-state index contributed by atoms with van der Waals surface area (Å²) in [7, 11) is 0. The smallest absolute Gasteiger partial charge is 0.221 e. The van der Waals surface area contributed by atoms with Gasteiger partial charge in [0, 0.05) is 24.2 Å². The number of amides is 1. The Labute approximate surface area is 108 Å². The van der Waals surface area contributed by atoms with Gasteiger partial charge >= 0.3 is 0 Å². The number of rotatable bonds is 5. The Balaban J connectivity index is 2.72. The van der Waals surface area contributed by atoms with Gasteiger partial charge in [-0.2, -0.15) is 0 Å². The van der Waals surface area contributed by atoms with Crippen LogP contribution in [0.3, 0.4) is 0 Å². The summed E-state index contributed by atoms with van der Waals surface area (Å²) in [6.07, 6.45) is 0. The van der Waals surface area contributed by atoms with E-state index in [0.29, 0.717) is 11.3 Å². The number of hydrogen-bond donors (Lipinski definition) is 2. The molecule has 1 aromatic carbocycles. The fraction of sp³-hybridized carbons (Fsp3) is 0.429. The highest BCUT2D eigenvalue weighted by Crippen LogP contribution is 2.11. The van der Waals surface area contributed by atoms with Crippen molar-refractivity contribution in [2.45, 2.75) is 39.8 Å². The maximum atomic E-state index is 12.1. The van der Waals surface area contributed by atoms with Crippen molar-refractivity contribution < 1.29 is 9.59 Å². The third kappa shape index (κ3) is 4.30. The van der Waals surface area contributed by atoms with Crippen LogP contribution in [-0.2, 0) is 4.79 Å². The molecule has 98 valence electrons. The van der Waals surface area contributed by atoms with E-state index in [0.717, 1.165) is 0 Å². The van der Waals surface area contributed by atoms with Gasteiger partial charge in [0.2, 0.25) is 5.91 Å². The summed E-state index contributed by atoms with van der Waals surface area (Å²) >= 11 is 0. The molecule has 0 aliphatic heterocycles. The fourth-order valence-electron chi connectivity index (χ4n) is 1.75. The van der Waals surface area contributed by atoms with E-state index in [1.165, 1.54) is 6.92 Å². The molecule has 18 heavy (non-hydrogen) atoms. The van der Waals surface area contributed by atoms with Crippen molar-refractivity contribution in [3.63, 3.8) is 0 Å². The number of carbonyl (C=O) groups is 2. The third-order valence-electron chi connectivity index (χ3n) is 2.47. The van der Waals surface area contributed by atoms with Crippen LogP contribution in [0.15, 0.2) is 24.3 Å². The molecule has 1 aromatic rings. The highest BCUT2D eigenvalue weighted by Gasteiger charge is 2.15. The zero-order valence-electron chi connectivity index (χ0n) is 11.3. The Morgan fingerprint density at radius 3 is 2.06 bits per heavy atom. The summed E-state index contributed by atoms with van der Waals surface area (Å²) in [6, 6.07) is 6.98. The van der Waals surface area contributed by atoms with Crippen LogP contribution in [0.5, 0.6) is 0 Å². The van der Waals surface area contributed by atoms with E-state index in [-0.39, 0.29) is 23.8 Å². The normalized spacial score (nSPS) is 12.3. The molecule has 0 fully saturated rings. The Bertz CT molecular complexity index is 424. The standard InChI is InChI=1S/C14H20N2O2/c1-9(2)15-10(3)14(18)12-5-7-13(8-6-12)16-11(4)17/h5-10,15H,1-4H3,(H,16,17). The van der Waals surface area contributed by atoms with Crippen LogP contribution in [-0.4, -0.2) is 23.8 Å². The summed E-state index contributed by atoms with van der Waals surface area (Å²) < 4.78 is 0. The van der Waals surface area contributed by atoms with Crippen LogP contribution < -0.4 is 10.6 Å². The SMILES string of the molecule is CC(=O)Nc1ccc(C(=O)C(C)NC(C)C)cc1. The number of anilines is 1. The Morgan fingerprint density at radius 1 is 1.06 bits per heavy atom. The molecule has 2 N–H and O–H groups in total. The van der Waals surface area contributed by atoms with E-state index < -0.39 is 0 Å². The van der Waals surface area contributed by atoms with Crippen molar-refractivity contribution in [1.82, 2.24) is 5.32 Å². The molecule has 0 radical (unpaired) electrons. The molecule has 4 heteroatoms. The summed E-state index contributed by atoms with van der Waals surface area (Å²) in [6.45, 7) is 7.31. The Morgan fingerprint density at radius 2 is 1.61 bits per heavy atom. The van der Waals surface area contributed by atoms with Gasteiger partial charge in [-0.15, -0.1) is 0 Å². The molecular weight excluding hydrogens is 228 g/mol. The second-order valence-corrected chi connectivity index (χ2v) is 4.67. The maximum absolute atomic E-state index is 12.1. The first kappa shape index (κ1) is 14.4. The average Bonchev–Trinajstić information content (AvgIpc) is 2.27. The lowest BCUT2D eigenvalue weighted by Gasteiger charge is -2.15. The van der Waals surface area contributed by atoms with Gasteiger partial charge in [-0.3, -0.25) is 9.59 Å². The molecule has 4 nitrogen and oxygen atoms in total. The molecule has 0 aliphatic carbocycles. The average molecular weight is 248 g/mol. The molecule has 0 aliphatic rings. The van der Waals surface area contributed by atoms with Gasteiger partial charge in [-0.1, -0.05) is 13.8 Å². The topological polar surface area (TPSA) is 58.2 Å². The zero-order chi connectivity index (χ0) is 13.7. The minimum atomic E-state index is -0.211. The summed E-state index contributed by atoms with van der Waals surface area (Å²) in [4.78, 5) is 22.9. The van der Waals surface area contributed by atoms with E-state index in [4.69, 9.17) is 0 Å². The molecule has 1 amide bonds. The Kier molecular flexibility index (Phi) is 5.04. The zero-order valence-corrected chi connectivity index (χ0v) is 11.3. The predicted octanol–water partition coefficient (Wildman–Crippen LogP) is 2.21. The third-order valence-corrected chi connectivity index (χ3v) is 2.47. The van der Waals surface area contributed by atoms with Crippen LogP contribution >= 0.6 is 0 Å². The second kappa shape index (κ2) is 6.31. The highest BCUT2D eigenvalue weighted by molar-refractivity contribution is 6.00. The van der Waals surface area contributed by atoms with Crippen LogP contribution in [0.25, 0.3) is 0 Å². The number of Topliss-reactive ketones (excluding diaryl/α,β-unsaturated/α-hetero) is 1. The van der Waals surface area contributed by atoms with Crippen molar-refractivity contribution in [3.8, 4) is 0 Å². The van der Waals surface area contributed by atoms with Crippen LogP contribution in [0, 0.1) is 0 Å². The summed E-state index contributed by atoms with van der Waals surface area (Å²) in [5.41, 5.74) is 1.34. The number of hydrogen-bond acceptors (Lipinski definition) is 3. The van der Waals surface area contributed by atoms with Gasteiger partial charge < -0.3 is 10.6 Å². The maximum Gasteiger partial charge on any atom is 0.221 e. The van der Waals surface area contributed by atoms with Crippen molar-refractivity contribution >= 4 is 17.4 Å². The molecule has 0 heterocycles. The van der Waals surface area contributed by atoms with Gasteiger partial charge in [-0.05, 0) is 31.2 Å². The molecule has 0 spiro atoms. The van der Waals surface area contributed by atoms with Crippen LogP contribution in [0.2, 0.25) is 0 Å². The van der Waals surface area contributed by atoms with Crippen LogP contribution in [0.1, 0.15) is 38.1 Å². The number of nitrogens with one attached hydrogen (secondary N) is 2. The van der Waals surface area contributed by atoms with Crippen molar-refractivity contribution in [2.24, 2.45) is 0 Å². The first-order valence-corrected chi connectivity index (χ1v) is 6.08. The molecule has 0 aromatic heterocycles. The summed E-state index contributed by atoms with van der Waals surface area (Å²) in [5, 5.41) is 5.84. The lowest BCUT2D eigenvalue weighted by molar-refractivity contribution is -0.114. The van der Waals surface area contributed by atoms with E-state index in [2.05, 4.69) is 10.6 Å². The van der Waals surface area contributed by atoms with E-state index in [9.17, 15) is 9.59 Å². The molecule has 1 atom stereocenters. The first-order valence-electron chi connectivity index (χ1n) is 6.08. The lowest BCUT2D eigenvalue weighted by atomic mass is 10.0. The van der Waals surface area contributed by atoms with E-state index >= 15 is 0 Å². The predicted molar refractivity (Wildman–Crippen MR) is 72.8 cm³/mol. The van der Waals surface area contributed by atoms with E-state index in [1.54, 1.807) is 24.3 Å². The van der Waals surface area contributed by atoms with Gasteiger partial charge in [-0.25, -0.2) is 0 Å². The van der Waals surface area contributed by atoms with Crippen molar-refractivity contribution in [3.05, 3.63) is 29.8 Å². The number of benzene rings is 1. The molecule has 0 bridgehead atoms. The molecule has 0 saturated heterocycles. The fourth-order valence-corrected chi connectivity index (χ4v) is 1.75. The number of ketones is 1. The minimum Gasteiger partial charge on any atom is -0.326 e.